The Kier molecular flexibility index (Phi) is 6.46. The number of hydrogen-bond acceptors (Lipinski definition) is 5. The van der Waals surface area contributed by atoms with E-state index in [1.165, 1.54) is 0 Å². The summed E-state index contributed by atoms with van der Waals surface area (Å²) in [5, 5.41) is 10.5. The Bertz CT molecular complexity index is 1550. The molecule has 1 aliphatic heterocycles. The third kappa shape index (κ3) is 4.88. The second-order valence-corrected chi connectivity index (χ2v) is 10.0. The van der Waals surface area contributed by atoms with E-state index in [4.69, 9.17) is 4.74 Å². The lowest BCUT2D eigenvalue weighted by Gasteiger charge is -2.28. The van der Waals surface area contributed by atoms with Gasteiger partial charge < -0.3 is 20.3 Å². The summed E-state index contributed by atoms with van der Waals surface area (Å²) in [7, 11) is 0. The second-order valence-electron chi connectivity index (χ2n) is 10.0. The number of alkyl halides is 3. The van der Waals surface area contributed by atoms with Crippen molar-refractivity contribution in [2.45, 2.75) is 19.0 Å². The molecule has 1 aliphatic carbocycles. The number of benzene rings is 3. The fourth-order valence-electron chi connectivity index (χ4n) is 4.87. The van der Waals surface area contributed by atoms with Crippen molar-refractivity contribution < 1.29 is 27.5 Å². The van der Waals surface area contributed by atoms with E-state index in [0.717, 1.165) is 29.7 Å². The van der Waals surface area contributed by atoms with Crippen molar-refractivity contribution in [3.05, 3.63) is 78.5 Å². The van der Waals surface area contributed by atoms with Crippen LogP contribution in [0.15, 0.2) is 72.9 Å². The maximum atomic E-state index is 13.2. The zero-order valence-electron chi connectivity index (χ0n) is 21.4. The van der Waals surface area contributed by atoms with Gasteiger partial charge in [0.15, 0.2) is 0 Å². The molecular formula is C29H26F3N5O3. The lowest BCUT2D eigenvalue weighted by atomic mass is 10.1. The van der Waals surface area contributed by atoms with Crippen molar-refractivity contribution in [2.24, 2.45) is 5.41 Å². The zero-order valence-corrected chi connectivity index (χ0v) is 21.4. The molecule has 11 heteroatoms. The van der Waals surface area contributed by atoms with Crippen LogP contribution in [0.5, 0.6) is 0 Å². The summed E-state index contributed by atoms with van der Waals surface area (Å²) in [6.07, 6.45) is -3.28. The third-order valence-electron chi connectivity index (χ3n) is 7.43. The molecule has 1 saturated heterocycles. The molecule has 0 atom stereocenters. The average Bonchev–Trinajstić information content (AvgIpc) is 3.69. The molecule has 1 saturated carbocycles. The molecule has 40 heavy (non-hydrogen) atoms. The number of ether oxygens (including phenoxy) is 1. The van der Waals surface area contributed by atoms with Crippen LogP contribution in [0.4, 0.5) is 30.2 Å². The molecule has 0 radical (unpaired) electrons. The number of nitrogens with one attached hydrogen (secondary N) is 2. The molecule has 2 N–H and O–H groups in total. The van der Waals surface area contributed by atoms with Crippen LogP contribution in [0.2, 0.25) is 0 Å². The fourth-order valence-corrected chi connectivity index (χ4v) is 4.87. The molecule has 2 fully saturated rings. The van der Waals surface area contributed by atoms with Gasteiger partial charge in [-0.3, -0.25) is 9.59 Å². The molecule has 0 unspecified atom stereocenters. The monoisotopic (exact) mass is 549 g/mol. The molecule has 2 heterocycles. The SMILES string of the molecule is O=C(Nc1ccc2c(cnn2-c2ccc(NC(=O)C3(C(F)(F)F)CC3)cc2)c1)c1ccc(N2CCOCC2)cc1. The number of halogens is 3. The molecule has 4 aromatic rings. The van der Waals surface area contributed by atoms with Crippen molar-refractivity contribution in [1.82, 2.24) is 9.78 Å². The van der Waals surface area contributed by atoms with Crippen LogP contribution < -0.4 is 15.5 Å². The van der Waals surface area contributed by atoms with Crippen LogP contribution in [0.1, 0.15) is 23.2 Å². The molecule has 2 amide bonds. The Labute approximate surface area is 227 Å². The highest BCUT2D eigenvalue weighted by atomic mass is 19.4. The van der Waals surface area contributed by atoms with Crippen LogP contribution in [0, 0.1) is 5.41 Å². The smallest absolute Gasteiger partial charge is 0.378 e. The maximum Gasteiger partial charge on any atom is 0.403 e. The molecule has 0 spiro atoms. The first-order chi connectivity index (χ1) is 19.2. The van der Waals surface area contributed by atoms with E-state index in [2.05, 4.69) is 20.6 Å². The molecule has 6 rings (SSSR count). The number of aromatic nitrogens is 2. The van der Waals surface area contributed by atoms with Crippen LogP contribution in [-0.2, 0) is 9.53 Å². The van der Waals surface area contributed by atoms with Gasteiger partial charge in [0, 0.05) is 41.1 Å². The summed E-state index contributed by atoms with van der Waals surface area (Å²) in [4.78, 5) is 27.3. The summed E-state index contributed by atoms with van der Waals surface area (Å²) in [6, 6.07) is 19.3. The lowest BCUT2D eigenvalue weighted by Crippen LogP contribution is -2.36. The highest BCUT2D eigenvalue weighted by Gasteiger charge is 2.68. The lowest BCUT2D eigenvalue weighted by molar-refractivity contribution is -0.189. The number of hydrogen-bond donors (Lipinski definition) is 2. The van der Waals surface area contributed by atoms with Gasteiger partial charge in [0.05, 0.1) is 30.6 Å². The Morgan fingerprint density at radius 1 is 0.850 bits per heavy atom. The largest absolute Gasteiger partial charge is 0.403 e. The van der Waals surface area contributed by atoms with Gasteiger partial charge >= 0.3 is 6.18 Å². The minimum absolute atomic E-state index is 0.191. The molecular weight excluding hydrogens is 523 g/mol. The first kappa shape index (κ1) is 25.9. The molecule has 2 aliphatic rings. The van der Waals surface area contributed by atoms with Crippen LogP contribution >= 0.6 is 0 Å². The van der Waals surface area contributed by atoms with Gasteiger partial charge in [0.1, 0.15) is 5.41 Å². The van der Waals surface area contributed by atoms with E-state index in [-0.39, 0.29) is 24.4 Å². The predicted molar refractivity (Wildman–Crippen MR) is 145 cm³/mol. The Morgan fingerprint density at radius 2 is 1.50 bits per heavy atom. The Balaban J connectivity index is 1.12. The molecule has 8 nitrogen and oxygen atoms in total. The van der Waals surface area contributed by atoms with Crippen molar-refractivity contribution in [3.8, 4) is 5.69 Å². The number of morpholine rings is 1. The summed E-state index contributed by atoms with van der Waals surface area (Å²) in [5.41, 5.74) is 1.67. The number of anilines is 3. The average molecular weight is 550 g/mol. The zero-order chi connectivity index (χ0) is 27.9. The quantitative estimate of drug-likeness (QED) is 0.337. The van der Waals surface area contributed by atoms with Crippen molar-refractivity contribution >= 4 is 39.8 Å². The van der Waals surface area contributed by atoms with Gasteiger partial charge in [-0.25, -0.2) is 4.68 Å². The van der Waals surface area contributed by atoms with E-state index in [1.807, 2.05) is 24.3 Å². The minimum Gasteiger partial charge on any atom is -0.378 e. The van der Waals surface area contributed by atoms with Gasteiger partial charge in [-0.1, -0.05) is 0 Å². The number of fused-ring (bicyclic) bond motifs is 1. The molecule has 3 aromatic carbocycles. The first-order valence-corrected chi connectivity index (χ1v) is 12.9. The molecule has 0 bridgehead atoms. The second kappa shape index (κ2) is 9.98. The third-order valence-corrected chi connectivity index (χ3v) is 7.43. The van der Waals surface area contributed by atoms with Gasteiger partial charge in [-0.15, -0.1) is 0 Å². The van der Waals surface area contributed by atoms with Gasteiger partial charge in [-0.05, 0) is 79.6 Å². The predicted octanol–water partition coefficient (Wildman–Crippen LogP) is 5.40. The first-order valence-electron chi connectivity index (χ1n) is 12.9. The Hall–Kier alpha value is -4.38. The number of nitrogens with zero attached hydrogens (tertiary/aromatic N) is 3. The summed E-state index contributed by atoms with van der Waals surface area (Å²) in [6.45, 7) is 3.03. The summed E-state index contributed by atoms with van der Waals surface area (Å²) >= 11 is 0. The van der Waals surface area contributed by atoms with Crippen molar-refractivity contribution in [3.63, 3.8) is 0 Å². The summed E-state index contributed by atoms with van der Waals surface area (Å²) in [5.74, 6) is -1.25. The molecule has 1 aromatic heterocycles. The number of rotatable bonds is 6. The number of carbonyl (C=O) groups excluding carboxylic acids is 2. The number of carbonyl (C=O) groups is 2. The normalized spacial score (nSPS) is 16.5. The summed E-state index contributed by atoms with van der Waals surface area (Å²) < 4.78 is 46.7. The number of amides is 2. The minimum atomic E-state index is -4.56. The Morgan fingerprint density at radius 3 is 2.15 bits per heavy atom. The highest BCUT2D eigenvalue weighted by molar-refractivity contribution is 6.05. The van der Waals surface area contributed by atoms with Crippen LogP contribution in [0.3, 0.4) is 0 Å². The van der Waals surface area contributed by atoms with Crippen molar-refractivity contribution in [1.29, 1.82) is 0 Å². The fraction of sp³-hybridized carbons (Fsp3) is 0.276. The topological polar surface area (TPSA) is 88.5 Å². The molecule has 206 valence electrons. The van der Waals surface area contributed by atoms with E-state index in [0.29, 0.717) is 30.2 Å². The van der Waals surface area contributed by atoms with E-state index in [9.17, 15) is 22.8 Å². The van der Waals surface area contributed by atoms with Crippen LogP contribution in [-0.4, -0.2) is 54.1 Å². The van der Waals surface area contributed by atoms with E-state index < -0.39 is 17.5 Å². The van der Waals surface area contributed by atoms with E-state index >= 15 is 0 Å². The van der Waals surface area contributed by atoms with Crippen LogP contribution in [0.25, 0.3) is 16.6 Å². The van der Waals surface area contributed by atoms with Gasteiger partial charge in [-0.2, -0.15) is 18.3 Å². The van der Waals surface area contributed by atoms with Gasteiger partial charge in [0.2, 0.25) is 5.91 Å². The van der Waals surface area contributed by atoms with E-state index in [1.54, 1.807) is 53.3 Å². The van der Waals surface area contributed by atoms with Gasteiger partial charge in [0.25, 0.3) is 5.91 Å². The maximum absolute atomic E-state index is 13.2. The van der Waals surface area contributed by atoms with Crippen molar-refractivity contribution in [2.75, 3.05) is 41.8 Å². The standard InChI is InChI=1S/C29H26F3N5O3/c30-29(31,32)28(11-12-28)27(39)35-21-3-8-24(9-4-21)37-25-10-5-22(17-20(25)18-33-37)34-26(38)19-1-6-23(7-2-19)36-13-15-40-16-14-36/h1-10,17-18H,11-16H2,(H,34,38)(H,35,39). The highest BCUT2D eigenvalue weighted by Crippen LogP contribution is 2.58.